The summed E-state index contributed by atoms with van der Waals surface area (Å²) in [4.78, 5) is 20.6. The third kappa shape index (κ3) is 4.08. The zero-order valence-electron chi connectivity index (χ0n) is 20.9. The van der Waals surface area contributed by atoms with Crippen molar-refractivity contribution in [3.8, 4) is 6.07 Å². The highest BCUT2D eigenvalue weighted by molar-refractivity contribution is 5.88. The van der Waals surface area contributed by atoms with Crippen molar-refractivity contribution in [3.05, 3.63) is 70.7 Å². The molecule has 0 bridgehead atoms. The Balaban J connectivity index is 1.58. The molecule has 188 valence electrons. The van der Waals surface area contributed by atoms with Crippen LogP contribution in [0.1, 0.15) is 61.5 Å². The Morgan fingerprint density at radius 3 is 2.69 bits per heavy atom. The lowest BCUT2D eigenvalue weighted by Crippen LogP contribution is -2.54. The first-order chi connectivity index (χ1) is 17.4. The molecular formula is C29H33FN4O2. The van der Waals surface area contributed by atoms with Gasteiger partial charge in [-0.25, -0.2) is 4.39 Å². The maximum absolute atomic E-state index is 14.6. The van der Waals surface area contributed by atoms with Gasteiger partial charge in [-0.2, -0.15) is 5.26 Å². The number of halogens is 1. The molecule has 1 spiro atoms. The van der Waals surface area contributed by atoms with Gasteiger partial charge in [0, 0.05) is 59.7 Å². The van der Waals surface area contributed by atoms with Crippen molar-refractivity contribution in [2.75, 3.05) is 26.2 Å². The Bertz CT molecular complexity index is 1320. The highest BCUT2D eigenvalue weighted by Gasteiger charge is 2.48. The van der Waals surface area contributed by atoms with Gasteiger partial charge in [0.2, 0.25) is 5.91 Å². The molecular weight excluding hydrogens is 455 g/mol. The predicted octanol–water partition coefficient (Wildman–Crippen LogP) is 4.63. The lowest BCUT2D eigenvalue weighted by atomic mass is 9.68. The molecule has 7 heteroatoms. The van der Waals surface area contributed by atoms with Gasteiger partial charge < -0.3 is 15.0 Å². The fraction of sp³-hybridized carbons (Fsp3) is 0.448. The van der Waals surface area contributed by atoms with Crippen molar-refractivity contribution in [2.24, 2.45) is 5.92 Å². The van der Waals surface area contributed by atoms with Crippen LogP contribution in [0.15, 0.2) is 42.5 Å². The van der Waals surface area contributed by atoms with E-state index in [0.29, 0.717) is 37.3 Å². The lowest BCUT2D eigenvalue weighted by molar-refractivity contribution is -0.137. The summed E-state index contributed by atoms with van der Waals surface area (Å²) in [6.07, 6.45) is 2.41. The first kappa shape index (κ1) is 24.5. The molecule has 2 aliphatic heterocycles. The van der Waals surface area contributed by atoms with Crippen molar-refractivity contribution < 1.29 is 14.3 Å². The van der Waals surface area contributed by atoms with E-state index < -0.39 is 0 Å². The fourth-order valence-electron chi connectivity index (χ4n) is 6.14. The molecule has 1 aromatic heterocycles. The standard InChI is InChI=1S/C29H33FN4O2/c1-3-19(2)28(36)33-12-10-29(11-13-33)18-34(16-21-6-4-5-7-23(21)30)25(17-35)27-26(29)22-9-8-20(15-31)14-24(22)32-27/h4-9,14,19,25,32,35H,3,10-13,16-18H2,1-2H3. The third-order valence-corrected chi connectivity index (χ3v) is 8.34. The first-order valence-corrected chi connectivity index (χ1v) is 12.8. The van der Waals surface area contributed by atoms with Crippen LogP contribution in [0.3, 0.4) is 0 Å². The Morgan fingerprint density at radius 2 is 2.03 bits per heavy atom. The van der Waals surface area contributed by atoms with Gasteiger partial charge in [-0.1, -0.05) is 38.1 Å². The van der Waals surface area contributed by atoms with E-state index in [1.807, 2.05) is 43.0 Å². The molecule has 2 aliphatic rings. The van der Waals surface area contributed by atoms with Crippen molar-refractivity contribution in [1.29, 1.82) is 5.26 Å². The minimum Gasteiger partial charge on any atom is -0.394 e. The Kier molecular flexibility index (Phi) is 6.59. The zero-order chi connectivity index (χ0) is 25.4. The van der Waals surface area contributed by atoms with Crippen molar-refractivity contribution in [1.82, 2.24) is 14.8 Å². The maximum atomic E-state index is 14.6. The topological polar surface area (TPSA) is 83.4 Å². The molecule has 5 rings (SSSR count). The van der Waals surface area contributed by atoms with Crippen LogP contribution >= 0.6 is 0 Å². The summed E-state index contributed by atoms with van der Waals surface area (Å²) in [6, 6.07) is 14.4. The smallest absolute Gasteiger partial charge is 0.225 e. The highest BCUT2D eigenvalue weighted by Crippen LogP contribution is 2.49. The summed E-state index contributed by atoms with van der Waals surface area (Å²) in [7, 11) is 0. The second kappa shape index (κ2) is 9.68. The van der Waals surface area contributed by atoms with Gasteiger partial charge in [-0.05, 0) is 43.0 Å². The van der Waals surface area contributed by atoms with Crippen LogP contribution in [0.25, 0.3) is 10.9 Å². The number of aromatic nitrogens is 1. The van der Waals surface area contributed by atoms with Crippen LogP contribution in [-0.2, 0) is 16.8 Å². The summed E-state index contributed by atoms with van der Waals surface area (Å²) < 4.78 is 14.6. The third-order valence-electron chi connectivity index (χ3n) is 8.34. The zero-order valence-corrected chi connectivity index (χ0v) is 20.9. The van der Waals surface area contributed by atoms with Crippen LogP contribution in [-0.4, -0.2) is 52.0 Å². The fourth-order valence-corrected chi connectivity index (χ4v) is 6.14. The highest BCUT2D eigenvalue weighted by atomic mass is 19.1. The summed E-state index contributed by atoms with van der Waals surface area (Å²) >= 11 is 0. The number of aromatic amines is 1. The van der Waals surface area contributed by atoms with Crippen LogP contribution in [0, 0.1) is 23.1 Å². The predicted molar refractivity (Wildman–Crippen MR) is 137 cm³/mol. The number of H-pyrrole nitrogens is 1. The number of piperidine rings is 1. The average molecular weight is 489 g/mol. The molecule has 0 saturated carbocycles. The van der Waals surface area contributed by atoms with Crippen molar-refractivity contribution in [3.63, 3.8) is 0 Å². The molecule has 3 aromatic rings. The van der Waals surface area contributed by atoms with Crippen molar-refractivity contribution in [2.45, 2.75) is 51.1 Å². The number of rotatable bonds is 5. The van der Waals surface area contributed by atoms with Crippen LogP contribution in [0.2, 0.25) is 0 Å². The number of aliphatic hydroxyl groups excluding tert-OH is 1. The molecule has 1 saturated heterocycles. The van der Waals surface area contributed by atoms with E-state index in [1.165, 1.54) is 11.6 Å². The Hall–Kier alpha value is -3.21. The average Bonchev–Trinajstić information content (AvgIpc) is 3.29. The maximum Gasteiger partial charge on any atom is 0.225 e. The number of amides is 1. The van der Waals surface area contributed by atoms with E-state index in [1.54, 1.807) is 12.1 Å². The number of hydrogen-bond donors (Lipinski definition) is 2. The number of fused-ring (bicyclic) bond motifs is 4. The van der Waals surface area contributed by atoms with Gasteiger partial charge >= 0.3 is 0 Å². The van der Waals surface area contributed by atoms with Crippen molar-refractivity contribution >= 4 is 16.8 Å². The molecule has 6 nitrogen and oxygen atoms in total. The van der Waals surface area contributed by atoms with Gasteiger partial charge in [0.15, 0.2) is 0 Å². The molecule has 2 N–H and O–H groups in total. The van der Waals surface area contributed by atoms with Gasteiger partial charge in [0.05, 0.1) is 24.3 Å². The van der Waals surface area contributed by atoms with E-state index in [9.17, 15) is 19.6 Å². The molecule has 2 aromatic carbocycles. The van der Waals surface area contributed by atoms with Gasteiger partial charge in [0.25, 0.3) is 0 Å². The van der Waals surface area contributed by atoms with E-state index in [0.717, 1.165) is 35.9 Å². The quantitative estimate of drug-likeness (QED) is 0.548. The second-order valence-electron chi connectivity index (χ2n) is 10.4. The molecule has 36 heavy (non-hydrogen) atoms. The van der Waals surface area contributed by atoms with Crippen LogP contribution in [0.5, 0.6) is 0 Å². The Morgan fingerprint density at radius 1 is 1.28 bits per heavy atom. The number of nitriles is 1. The minimum atomic E-state index is -0.317. The number of likely N-dealkylation sites (tertiary alicyclic amines) is 1. The molecule has 2 atom stereocenters. The lowest BCUT2D eigenvalue weighted by Gasteiger charge is -2.50. The van der Waals surface area contributed by atoms with Crippen LogP contribution in [0.4, 0.5) is 4.39 Å². The number of nitrogens with one attached hydrogen (secondary N) is 1. The number of benzene rings is 2. The van der Waals surface area contributed by atoms with E-state index in [2.05, 4.69) is 16.0 Å². The second-order valence-corrected chi connectivity index (χ2v) is 10.4. The summed E-state index contributed by atoms with van der Waals surface area (Å²) in [5, 5.41) is 21.0. The number of carbonyl (C=O) groups is 1. The van der Waals surface area contributed by atoms with E-state index in [-0.39, 0.29) is 35.7 Å². The first-order valence-electron chi connectivity index (χ1n) is 12.8. The summed E-state index contributed by atoms with van der Waals surface area (Å²) in [6.45, 7) is 6.31. The minimum absolute atomic E-state index is 0.00906. The molecule has 1 amide bonds. The number of carbonyl (C=O) groups excluding carboxylic acids is 1. The summed E-state index contributed by atoms with van der Waals surface area (Å²) in [5.41, 5.74) is 3.93. The molecule has 0 aliphatic carbocycles. The monoisotopic (exact) mass is 488 g/mol. The SMILES string of the molecule is CCC(C)C(=O)N1CCC2(CC1)CN(Cc1ccccc1F)C(CO)c1[nH]c3cc(C#N)ccc3c12. The molecule has 0 radical (unpaired) electrons. The van der Waals surface area contributed by atoms with Gasteiger partial charge in [-0.15, -0.1) is 0 Å². The van der Waals surface area contributed by atoms with Crippen LogP contribution < -0.4 is 0 Å². The summed E-state index contributed by atoms with van der Waals surface area (Å²) in [5.74, 6) is -0.0366. The molecule has 3 heterocycles. The largest absolute Gasteiger partial charge is 0.394 e. The van der Waals surface area contributed by atoms with Gasteiger partial charge in [0.1, 0.15) is 5.82 Å². The number of nitrogens with zero attached hydrogens (tertiary/aromatic N) is 3. The number of hydrogen-bond acceptors (Lipinski definition) is 4. The molecule has 2 unspecified atom stereocenters. The van der Waals surface area contributed by atoms with E-state index >= 15 is 0 Å². The van der Waals surface area contributed by atoms with Gasteiger partial charge in [-0.3, -0.25) is 9.69 Å². The number of aliphatic hydroxyl groups is 1. The normalized spacial score (nSPS) is 20.3. The van der Waals surface area contributed by atoms with E-state index in [4.69, 9.17) is 0 Å². The molecule has 1 fully saturated rings. The Labute approximate surface area is 211 Å².